The van der Waals surface area contributed by atoms with E-state index in [1.54, 1.807) is 19.1 Å². The zero-order valence-corrected chi connectivity index (χ0v) is 7.88. The second-order valence-electron chi connectivity index (χ2n) is 3.05. The van der Waals surface area contributed by atoms with E-state index in [-0.39, 0.29) is 18.8 Å². The van der Waals surface area contributed by atoms with Gasteiger partial charge in [-0.15, -0.1) is 0 Å². The molecule has 0 radical (unpaired) electrons. The van der Waals surface area contributed by atoms with Crippen molar-refractivity contribution in [2.45, 2.75) is 13.3 Å². The fourth-order valence-corrected chi connectivity index (χ4v) is 1.07. The average Bonchev–Trinajstić information content (AvgIpc) is 2.08. The number of aryl methyl sites for hydroxylation is 1. The van der Waals surface area contributed by atoms with Crippen LogP contribution < -0.4 is 5.32 Å². The molecule has 76 valence electrons. The molecule has 0 fully saturated rings. The Hall–Kier alpha value is -1.58. The standard InChI is InChI=1S/C10H12FNO2/c1-7-2-3-9(8(11)6-7)12-5-4-10(13)14/h2-3,6,12H,4-5H2,1H3,(H,13,14). The lowest BCUT2D eigenvalue weighted by Crippen LogP contribution is -2.08. The van der Waals surface area contributed by atoms with Crippen molar-refractivity contribution in [3.05, 3.63) is 29.6 Å². The summed E-state index contributed by atoms with van der Waals surface area (Å²) in [5.74, 6) is -1.25. The van der Waals surface area contributed by atoms with Crippen LogP contribution in [-0.2, 0) is 4.79 Å². The molecule has 3 nitrogen and oxygen atoms in total. The maximum Gasteiger partial charge on any atom is 0.305 e. The van der Waals surface area contributed by atoms with Gasteiger partial charge < -0.3 is 10.4 Å². The number of anilines is 1. The molecule has 4 heteroatoms. The third-order valence-corrected chi connectivity index (χ3v) is 1.78. The molecule has 0 aliphatic carbocycles. The molecule has 0 saturated heterocycles. The quantitative estimate of drug-likeness (QED) is 0.776. The first kappa shape index (κ1) is 10.5. The summed E-state index contributed by atoms with van der Waals surface area (Å²) < 4.78 is 13.2. The molecule has 1 rings (SSSR count). The van der Waals surface area contributed by atoms with Crippen LogP contribution in [0.25, 0.3) is 0 Å². The zero-order chi connectivity index (χ0) is 10.6. The Morgan fingerprint density at radius 3 is 2.86 bits per heavy atom. The molecule has 1 aromatic rings. The predicted molar refractivity (Wildman–Crippen MR) is 51.9 cm³/mol. The Labute approximate surface area is 81.6 Å². The summed E-state index contributed by atoms with van der Waals surface area (Å²) in [6.45, 7) is 2.03. The van der Waals surface area contributed by atoms with Crippen molar-refractivity contribution in [2.75, 3.05) is 11.9 Å². The lowest BCUT2D eigenvalue weighted by Gasteiger charge is -2.06. The number of carboxylic acid groups (broad SMARTS) is 1. The second-order valence-corrected chi connectivity index (χ2v) is 3.05. The number of carbonyl (C=O) groups is 1. The molecule has 0 unspecified atom stereocenters. The van der Waals surface area contributed by atoms with Crippen molar-refractivity contribution in [3.8, 4) is 0 Å². The molecule has 0 bridgehead atoms. The van der Waals surface area contributed by atoms with E-state index in [0.717, 1.165) is 5.56 Å². The molecule has 0 aromatic heterocycles. The average molecular weight is 197 g/mol. The molecular weight excluding hydrogens is 185 g/mol. The number of benzene rings is 1. The van der Waals surface area contributed by atoms with E-state index in [1.807, 2.05) is 0 Å². The Morgan fingerprint density at radius 1 is 1.57 bits per heavy atom. The SMILES string of the molecule is Cc1ccc(NCCC(=O)O)c(F)c1. The Bertz CT molecular complexity index is 339. The Balaban J connectivity index is 2.55. The first-order valence-corrected chi connectivity index (χ1v) is 4.31. The summed E-state index contributed by atoms with van der Waals surface area (Å²) in [7, 11) is 0. The molecule has 0 aliphatic heterocycles. The van der Waals surface area contributed by atoms with Gasteiger partial charge in [-0.05, 0) is 24.6 Å². The minimum absolute atomic E-state index is 0.0205. The number of halogens is 1. The lowest BCUT2D eigenvalue weighted by molar-refractivity contribution is -0.136. The summed E-state index contributed by atoms with van der Waals surface area (Å²) in [5, 5.41) is 11.1. The van der Waals surface area contributed by atoms with Gasteiger partial charge >= 0.3 is 5.97 Å². The van der Waals surface area contributed by atoms with E-state index in [4.69, 9.17) is 5.11 Å². The molecule has 2 N–H and O–H groups in total. The van der Waals surface area contributed by atoms with Crippen LogP contribution in [0.4, 0.5) is 10.1 Å². The van der Waals surface area contributed by atoms with Gasteiger partial charge in [0.05, 0.1) is 12.1 Å². The highest BCUT2D eigenvalue weighted by molar-refractivity contribution is 5.67. The monoisotopic (exact) mass is 197 g/mol. The zero-order valence-electron chi connectivity index (χ0n) is 7.88. The highest BCUT2D eigenvalue weighted by Crippen LogP contribution is 2.14. The Morgan fingerprint density at radius 2 is 2.29 bits per heavy atom. The van der Waals surface area contributed by atoms with Gasteiger partial charge in [0.15, 0.2) is 0 Å². The van der Waals surface area contributed by atoms with E-state index in [2.05, 4.69) is 5.32 Å². The summed E-state index contributed by atoms with van der Waals surface area (Å²) in [6.07, 6.45) is -0.0205. The third kappa shape index (κ3) is 3.05. The normalized spacial score (nSPS) is 9.86. The third-order valence-electron chi connectivity index (χ3n) is 1.78. The van der Waals surface area contributed by atoms with Crippen molar-refractivity contribution >= 4 is 11.7 Å². The summed E-state index contributed by atoms with van der Waals surface area (Å²) in [4.78, 5) is 10.2. The van der Waals surface area contributed by atoms with Crippen molar-refractivity contribution in [1.82, 2.24) is 0 Å². The molecule has 0 saturated carbocycles. The maximum absolute atomic E-state index is 13.2. The molecular formula is C10H12FNO2. The van der Waals surface area contributed by atoms with Crippen LogP contribution in [0.1, 0.15) is 12.0 Å². The topological polar surface area (TPSA) is 49.3 Å². The number of nitrogens with one attached hydrogen (secondary N) is 1. The minimum Gasteiger partial charge on any atom is -0.481 e. The minimum atomic E-state index is -0.898. The van der Waals surface area contributed by atoms with E-state index >= 15 is 0 Å². The molecule has 0 spiro atoms. The molecule has 14 heavy (non-hydrogen) atoms. The van der Waals surface area contributed by atoms with Crippen LogP contribution in [0.15, 0.2) is 18.2 Å². The number of hydrogen-bond acceptors (Lipinski definition) is 2. The van der Waals surface area contributed by atoms with Crippen LogP contribution in [-0.4, -0.2) is 17.6 Å². The van der Waals surface area contributed by atoms with Crippen molar-refractivity contribution in [2.24, 2.45) is 0 Å². The van der Waals surface area contributed by atoms with Gasteiger partial charge in [-0.25, -0.2) is 4.39 Å². The van der Waals surface area contributed by atoms with Crippen molar-refractivity contribution in [1.29, 1.82) is 0 Å². The van der Waals surface area contributed by atoms with Gasteiger partial charge in [0, 0.05) is 6.54 Å². The van der Waals surface area contributed by atoms with E-state index in [0.29, 0.717) is 5.69 Å². The summed E-state index contributed by atoms with van der Waals surface area (Å²) >= 11 is 0. The smallest absolute Gasteiger partial charge is 0.305 e. The molecule has 0 atom stereocenters. The van der Waals surface area contributed by atoms with Gasteiger partial charge in [0.2, 0.25) is 0 Å². The van der Waals surface area contributed by atoms with Gasteiger partial charge in [0.1, 0.15) is 5.82 Å². The number of aliphatic carboxylic acids is 1. The van der Waals surface area contributed by atoms with Crippen LogP contribution >= 0.6 is 0 Å². The largest absolute Gasteiger partial charge is 0.481 e. The number of carboxylic acids is 1. The summed E-state index contributed by atoms with van der Waals surface area (Å²) in [6, 6.07) is 4.78. The number of rotatable bonds is 4. The van der Waals surface area contributed by atoms with Gasteiger partial charge in [-0.3, -0.25) is 4.79 Å². The fourth-order valence-electron chi connectivity index (χ4n) is 1.07. The van der Waals surface area contributed by atoms with Crippen LogP contribution in [0.2, 0.25) is 0 Å². The van der Waals surface area contributed by atoms with Crippen LogP contribution in [0, 0.1) is 12.7 Å². The highest BCUT2D eigenvalue weighted by atomic mass is 19.1. The van der Waals surface area contributed by atoms with Crippen LogP contribution in [0.5, 0.6) is 0 Å². The second kappa shape index (κ2) is 4.60. The van der Waals surface area contributed by atoms with Crippen molar-refractivity contribution in [3.63, 3.8) is 0 Å². The maximum atomic E-state index is 13.2. The lowest BCUT2D eigenvalue weighted by atomic mass is 10.2. The van der Waals surface area contributed by atoms with Gasteiger partial charge in [-0.2, -0.15) is 0 Å². The highest BCUT2D eigenvalue weighted by Gasteiger charge is 2.02. The molecule has 1 aromatic carbocycles. The van der Waals surface area contributed by atoms with Gasteiger partial charge in [-0.1, -0.05) is 6.07 Å². The molecule has 0 heterocycles. The predicted octanol–water partition coefficient (Wildman–Crippen LogP) is 2.02. The van der Waals surface area contributed by atoms with E-state index in [1.165, 1.54) is 6.07 Å². The van der Waals surface area contributed by atoms with Crippen molar-refractivity contribution < 1.29 is 14.3 Å². The Kier molecular flexibility index (Phi) is 3.45. The van der Waals surface area contributed by atoms with E-state index < -0.39 is 5.97 Å². The van der Waals surface area contributed by atoms with Gasteiger partial charge in [0.25, 0.3) is 0 Å². The van der Waals surface area contributed by atoms with Crippen LogP contribution in [0.3, 0.4) is 0 Å². The fraction of sp³-hybridized carbons (Fsp3) is 0.300. The molecule has 0 aliphatic rings. The summed E-state index contributed by atoms with van der Waals surface area (Å²) in [5.41, 5.74) is 1.18. The number of hydrogen-bond donors (Lipinski definition) is 2. The first-order chi connectivity index (χ1) is 6.59. The first-order valence-electron chi connectivity index (χ1n) is 4.31. The molecule has 0 amide bonds. The van der Waals surface area contributed by atoms with E-state index in [9.17, 15) is 9.18 Å².